The number of ether oxygens (including phenoxy) is 1. The van der Waals surface area contributed by atoms with Gasteiger partial charge in [0.05, 0.1) is 13.2 Å². The summed E-state index contributed by atoms with van der Waals surface area (Å²) >= 11 is 3.43. The molecule has 1 saturated carbocycles. The predicted molar refractivity (Wildman–Crippen MR) is 76.8 cm³/mol. The Labute approximate surface area is 117 Å². The maximum Gasteiger partial charge on any atom is 0.125 e. The van der Waals surface area contributed by atoms with Crippen LogP contribution in [-0.4, -0.2) is 12.2 Å². The lowest BCUT2D eigenvalue weighted by Crippen LogP contribution is -2.20. The average Bonchev–Trinajstić information content (AvgIpc) is 2.37. The number of rotatable bonds is 3. The molecule has 1 fully saturated rings. The highest BCUT2D eigenvalue weighted by atomic mass is 79.9. The molecular formula is C15H21BrO2. The molecule has 0 aromatic heterocycles. The van der Waals surface area contributed by atoms with Crippen LogP contribution in [0, 0.1) is 11.8 Å². The van der Waals surface area contributed by atoms with Gasteiger partial charge in [-0.1, -0.05) is 41.8 Å². The Morgan fingerprint density at radius 2 is 2.17 bits per heavy atom. The number of aliphatic hydroxyl groups is 1. The molecule has 1 aliphatic rings. The second kappa shape index (κ2) is 6.07. The van der Waals surface area contributed by atoms with Crippen molar-refractivity contribution >= 4 is 15.9 Å². The number of halogens is 1. The zero-order valence-electron chi connectivity index (χ0n) is 11.0. The molecule has 0 aliphatic heterocycles. The Balaban J connectivity index is 2.19. The number of hydrogen-bond acceptors (Lipinski definition) is 2. The van der Waals surface area contributed by atoms with E-state index in [0.29, 0.717) is 5.92 Å². The summed E-state index contributed by atoms with van der Waals surface area (Å²) in [6.07, 6.45) is 4.34. The summed E-state index contributed by atoms with van der Waals surface area (Å²) in [6, 6.07) is 5.85. The van der Waals surface area contributed by atoms with Crippen LogP contribution in [0.2, 0.25) is 0 Å². The van der Waals surface area contributed by atoms with Crippen molar-refractivity contribution in [1.29, 1.82) is 0 Å². The maximum atomic E-state index is 10.6. The van der Waals surface area contributed by atoms with Gasteiger partial charge in [0, 0.05) is 10.0 Å². The Morgan fingerprint density at radius 1 is 1.39 bits per heavy atom. The first-order chi connectivity index (χ1) is 8.61. The molecule has 1 aliphatic carbocycles. The van der Waals surface area contributed by atoms with E-state index in [0.717, 1.165) is 34.5 Å². The standard InChI is InChI=1S/C15H21BrO2/c1-10-4-3-5-11(8-10)15(17)13-7-6-12(16)9-14(13)18-2/h6-7,9-11,15,17H,3-5,8H2,1-2H3. The van der Waals surface area contributed by atoms with E-state index in [1.54, 1.807) is 7.11 Å². The molecular weight excluding hydrogens is 292 g/mol. The lowest BCUT2D eigenvalue weighted by atomic mass is 9.78. The summed E-state index contributed by atoms with van der Waals surface area (Å²) in [4.78, 5) is 0. The van der Waals surface area contributed by atoms with E-state index in [4.69, 9.17) is 4.74 Å². The zero-order valence-corrected chi connectivity index (χ0v) is 12.6. The van der Waals surface area contributed by atoms with E-state index < -0.39 is 6.10 Å². The molecule has 1 aromatic carbocycles. The third-order valence-electron chi connectivity index (χ3n) is 3.94. The minimum Gasteiger partial charge on any atom is -0.496 e. The minimum absolute atomic E-state index is 0.365. The molecule has 2 nitrogen and oxygen atoms in total. The SMILES string of the molecule is COc1cc(Br)ccc1C(O)C1CCCC(C)C1. The molecule has 0 radical (unpaired) electrons. The molecule has 0 amide bonds. The molecule has 0 saturated heterocycles. The van der Waals surface area contributed by atoms with Gasteiger partial charge in [0.15, 0.2) is 0 Å². The Morgan fingerprint density at radius 3 is 2.83 bits per heavy atom. The van der Waals surface area contributed by atoms with Gasteiger partial charge in [-0.25, -0.2) is 0 Å². The fourth-order valence-electron chi connectivity index (χ4n) is 2.95. The lowest BCUT2D eigenvalue weighted by molar-refractivity contribution is 0.0693. The average molecular weight is 313 g/mol. The van der Waals surface area contributed by atoms with Crippen molar-refractivity contribution in [2.45, 2.75) is 38.7 Å². The summed E-state index contributed by atoms with van der Waals surface area (Å²) in [5, 5.41) is 10.6. The Hall–Kier alpha value is -0.540. The first-order valence-corrected chi connectivity index (χ1v) is 7.42. The maximum absolute atomic E-state index is 10.6. The van der Waals surface area contributed by atoms with E-state index in [1.165, 1.54) is 12.8 Å². The van der Waals surface area contributed by atoms with Crippen LogP contribution in [0.3, 0.4) is 0 Å². The molecule has 18 heavy (non-hydrogen) atoms. The van der Waals surface area contributed by atoms with Crippen LogP contribution in [0.25, 0.3) is 0 Å². The molecule has 0 bridgehead atoms. The number of hydrogen-bond donors (Lipinski definition) is 1. The van der Waals surface area contributed by atoms with E-state index in [1.807, 2.05) is 18.2 Å². The van der Waals surface area contributed by atoms with Crippen LogP contribution in [0.4, 0.5) is 0 Å². The fraction of sp³-hybridized carbons (Fsp3) is 0.600. The highest BCUT2D eigenvalue weighted by Crippen LogP contribution is 2.40. The van der Waals surface area contributed by atoms with E-state index in [2.05, 4.69) is 22.9 Å². The molecule has 2 rings (SSSR count). The predicted octanol–water partition coefficient (Wildman–Crippen LogP) is 4.32. The second-order valence-electron chi connectivity index (χ2n) is 5.36. The Kier molecular flexibility index (Phi) is 4.68. The van der Waals surface area contributed by atoms with Gasteiger partial charge in [-0.15, -0.1) is 0 Å². The lowest BCUT2D eigenvalue weighted by Gasteiger charge is -2.31. The molecule has 0 spiro atoms. The normalized spacial score (nSPS) is 25.8. The molecule has 3 atom stereocenters. The topological polar surface area (TPSA) is 29.5 Å². The van der Waals surface area contributed by atoms with Crippen LogP contribution in [-0.2, 0) is 0 Å². The van der Waals surface area contributed by atoms with Crippen molar-refractivity contribution in [2.75, 3.05) is 7.11 Å². The van der Waals surface area contributed by atoms with Crippen molar-refractivity contribution in [3.05, 3.63) is 28.2 Å². The molecule has 3 unspecified atom stereocenters. The molecule has 100 valence electrons. The zero-order chi connectivity index (χ0) is 13.1. The quantitative estimate of drug-likeness (QED) is 0.900. The molecule has 1 aromatic rings. The van der Waals surface area contributed by atoms with Crippen LogP contribution in [0.15, 0.2) is 22.7 Å². The van der Waals surface area contributed by atoms with Crippen LogP contribution in [0.5, 0.6) is 5.75 Å². The second-order valence-corrected chi connectivity index (χ2v) is 6.28. The van der Waals surface area contributed by atoms with Gasteiger partial charge in [0.25, 0.3) is 0 Å². The molecule has 0 heterocycles. The van der Waals surface area contributed by atoms with Crippen LogP contribution in [0.1, 0.15) is 44.3 Å². The smallest absolute Gasteiger partial charge is 0.125 e. The van der Waals surface area contributed by atoms with Gasteiger partial charge in [-0.2, -0.15) is 0 Å². The van der Waals surface area contributed by atoms with Gasteiger partial charge < -0.3 is 9.84 Å². The van der Waals surface area contributed by atoms with E-state index in [-0.39, 0.29) is 0 Å². The summed E-state index contributed by atoms with van der Waals surface area (Å²) in [7, 11) is 1.65. The first-order valence-electron chi connectivity index (χ1n) is 6.63. The fourth-order valence-corrected chi connectivity index (χ4v) is 3.29. The van der Waals surface area contributed by atoms with E-state index >= 15 is 0 Å². The summed E-state index contributed by atoms with van der Waals surface area (Å²) < 4.78 is 6.35. The van der Waals surface area contributed by atoms with Crippen molar-refractivity contribution < 1.29 is 9.84 Å². The summed E-state index contributed by atoms with van der Waals surface area (Å²) in [5.74, 6) is 1.86. The van der Waals surface area contributed by atoms with Gasteiger partial charge in [0.2, 0.25) is 0 Å². The van der Waals surface area contributed by atoms with Gasteiger partial charge in [0.1, 0.15) is 5.75 Å². The largest absolute Gasteiger partial charge is 0.496 e. The Bertz CT molecular complexity index is 405. The summed E-state index contributed by atoms with van der Waals surface area (Å²) in [6.45, 7) is 2.28. The van der Waals surface area contributed by atoms with E-state index in [9.17, 15) is 5.11 Å². The number of aliphatic hydroxyl groups excluding tert-OH is 1. The van der Waals surface area contributed by atoms with Crippen molar-refractivity contribution in [3.8, 4) is 5.75 Å². The number of methoxy groups -OCH3 is 1. The van der Waals surface area contributed by atoms with Crippen LogP contribution < -0.4 is 4.74 Å². The monoisotopic (exact) mass is 312 g/mol. The third-order valence-corrected chi connectivity index (χ3v) is 4.43. The van der Waals surface area contributed by atoms with Crippen molar-refractivity contribution in [1.82, 2.24) is 0 Å². The summed E-state index contributed by atoms with van der Waals surface area (Å²) in [5.41, 5.74) is 0.916. The number of benzene rings is 1. The van der Waals surface area contributed by atoms with Crippen LogP contribution >= 0.6 is 15.9 Å². The third kappa shape index (κ3) is 3.07. The van der Waals surface area contributed by atoms with Gasteiger partial charge in [-0.05, 0) is 36.8 Å². The molecule has 3 heteroatoms. The highest BCUT2D eigenvalue weighted by Gasteiger charge is 2.28. The van der Waals surface area contributed by atoms with Gasteiger partial charge in [-0.3, -0.25) is 0 Å². The minimum atomic E-state index is -0.407. The van der Waals surface area contributed by atoms with Gasteiger partial charge >= 0.3 is 0 Å². The highest BCUT2D eigenvalue weighted by molar-refractivity contribution is 9.10. The molecule has 1 N–H and O–H groups in total. The van der Waals surface area contributed by atoms with Crippen molar-refractivity contribution in [3.63, 3.8) is 0 Å². The first kappa shape index (κ1) is 13.9. The van der Waals surface area contributed by atoms with Crippen molar-refractivity contribution in [2.24, 2.45) is 11.8 Å².